The molecule has 1 aliphatic rings. The number of hydrogen-bond donors (Lipinski definition) is 1. The maximum Gasteiger partial charge on any atom is 0.292 e. The first-order chi connectivity index (χ1) is 11.3. The van der Waals surface area contributed by atoms with E-state index in [2.05, 4.69) is 22.6 Å². The van der Waals surface area contributed by atoms with Gasteiger partial charge < -0.3 is 9.32 Å². The average Bonchev–Trinajstić information content (AvgIpc) is 3.30. The molecule has 4 nitrogen and oxygen atoms in total. The monoisotopic (exact) mass is 344 g/mol. The van der Waals surface area contributed by atoms with Gasteiger partial charge in [-0.15, -0.1) is 16.4 Å². The Hall–Kier alpha value is -1.76. The smallest absolute Gasteiger partial charge is 0.292 e. The lowest BCUT2D eigenvalue weighted by Crippen LogP contribution is -3.09. The van der Waals surface area contributed by atoms with Crippen molar-refractivity contribution >= 4 is 23.6 Å². The average molecular weight is 344 g/mol. The fourth-order valence-corrected chi connectivity index (χ4v) is 4.33. The summed E-state index contributed by atoms with van der Waals surface area (Å²) in [6.07, 6.45) is 2.47. The highest BCUT2D eigenvalue weighted by molar-refractivity contribution is 7.71. The van der Waals surface area contributed by atoms with Crippen molar-refractivity contribution < 1.29 is 9.32 Å². The third-order valence-corrected chi connectivity index (χ3v) is 5.63. The summed E-state index contributed by atoms with van der Waals surface area (Å²) in [5.74, 6) is 0.599. The molecule has 3 aromatic rings. The quantitative estimate of drug-likeness (QED) is 0.738. The van der Waals surface area contributed by atoms with Crippen LogP contribution in [0, 0.1) is 4.84 Å². The van der Waals surface area contributed by atoms with E-state index in [1.165, 1.54) is 22.6 Å². The Kier molecular flexibility index (Phi) is 4.11. The van der Waals surface area contributed by atoms with Gasteiger partial charge in [-0.2, -0.15) is 4.68 Å². The summed E-state index contributed by atoms with van der Waals surface area (Å²) < 4.78 is 7.53. The van der Waals surface area contributed by atoms with Crippen LogP contribution in [0.1, 0.15) is 23.8 Å². The van der Waals surface area contributed by atoms with Crippen molar-refractivity contribution in [1.29, 1.82) is 0 Å². The van der Waals surface area contributed by atoms with Crippen molar-refractivity contribution in [3.63, 3.8) is 0 Å². The molecule has 6 heteroatoms. The maximum atomic E-state index is 5.69. The van der Waals surface area contributed by atoms with Crippen LogP contribution < -0.4 is 4.90 Å². The molecule has 4 rings (SSSR count). The van der Waals surface area contributed by atoms with Crippen molar-refractivity contribution in [2.45, 2.75) is 25.6 Å². The Bertz CT molecular complexity index is 823. The van der Waals surface area contributed by atoms with E-state index in [9.17, 15) is 0 Å². The van der Waals surface area contributed by atoms with Gasteiger partial charge in [0, 0.05) is 18.4 Å². The standard InChI is InChI=1S/C17H17N3OS2/c22-17-20(18-16(21-17)13-6-2-1-3-7-13)12-19-10-4-8-14(19)15-9-5-11-23-15/h1-3,5-7,9,11,14H,4,8,10,12H2/p+1/t14-/m1/s1. The highest BCUT2D eigenvalue weighted by Crippen LogP contribution is 2.23. The number of quaternary nitrogens is 1. The normalized spacial score (nSPS) is 20.9. The SMILES string of the molecule is S=c1oc(-c2ccccc2)nn1C[NH+]1CCC[C@@H]1c1cccs1. The summed E-state index contributed by atoms with van der Waals surface area (Å²) >= 11 is 7.21. The first kappa shape index (κ1) is 14.8. The fourth-order valence-electron chi connectivity index (χ4n) is 3.23. The molecule has 1 unspecified atom stereocenters. The number of hydrogen-bond acceptors (Lipinski definition) is 4. The fraction of sp³-hybridized carbons (Fsp3) is 0.294. The number of rotatable bonds is 4. The first-order valence-corrected chi connectivity index (χ1v) is 9.11. The maximum absolute atomic E-state index is 5.69. The molecule has 1 fully saturated rings. The lowest BCUT2D eigenvalue weighted by Gasteiger charge is -2.19. The molecule has 0 bridgehead atoms. The Morgan fingerprint density at radius 3 is 2.91 bits per heavy atom. The summed E-state index contributed by atoms with van der Waals surface area (Å²) in [5.41, 5.74) is 0.962. The molecule has 0 saturated carbocycles. The highest BCUT2D eigenvalue weighted by Gasteiger charge is 2.31. The van der Waals surface area contributed by atoms with Crippen LogP contribution >= 0.6 is 23.6 Å². The lowest BCUT2D eigenvalue weighted by atomic mass is 10.2. The van der Waals surface area contributed by atoms with Gasteiger partial charge in [0.15, 0.2) is 6.67 Å². The zero-order chi connectivity index (χ0) is 15.6. The Morgan fingerprint density at radius 2 is 2.13 bits per heavy atom. The van der Waals surface area contributed by atoms with Gasteiger partial charge in [-0.25, -0.2) is 0 Å². The topological polar surface area (TPSA) is 35.4 Å². The summed E-state index contributed by atoms with van der Waals surface area (Å²) in [4.78, 5) is 3.42. The van der Waals surface area contributed by atoms with E-state index in [-0.39, 0.29) is 0 Å². The molecule has 23 heavy (non-hydrogen) atoms. The van der Waals surface area contributed by atoms with Gasteiger partial charge in [-0.3, -0.25) is 0 Å². The van der Waals surface area contributed by atoms with Crippen molar-refractivity contribution in [3.8, 4) is 11.5 Å². The van der Waals surface area contributed by atoms with Gasteiger partial charge in [-0.05, 0) is 35.8 Å². The van der Waals surface area contributed by atoms with Gasteiger partial charge in [0.1, 0.15) is 6.04 Å². The molecular formula is C17H18N3OS2+. The van der Waals surface area contributed by atoms with Gasteiger partial charge in [0.05, 0.1) is 11.4 Å². The van der Waals surface area contributed by atoms with Crippen LogP contribution in [0.15, 0.2) is 52.3 Å². The van der Waals surface area contributed by atoms with Gasteiger partial charge in [-0.1, -0.05) is 24.3 Å². The molecule has 0 spiro atoms. The summed E-state index contributed by atoms with van der Waals surface area (Å²) in [6.45, 7) is 1.91. The van der Waals surface area contributed by atoms with E-state index < -0.39 is 0 Å². The molecule has 1 N–H and O–H groups in total. The summed E-state index contributed by atoms with van der Waals surface area (Å²) in [7, 11) is 0. The second-order valence-corrected chi connectivity index (χ2v) is 7.14. The number of nitrogens with zero attached hydrogens (tertiary/aromatic N) is 2. The predicted octanol–water partition coefficient (Wildman–Crippen LogP) is 3.31. The van der Waals surface area contributed by atoms with E-state index >= 15 is 0 Å². The number of aromatic nitrogens is 2. The molecule has 1 aliphatic heterocycles. The molecule has 2 atom stereocenters. The summed E-state index contributed by atoms with van der Waals surface area (Å²) in [5, 5.41) is 6.74. The van der Waals surface area contributed by atoms with Crippen LogP contribution in [0.3, 0.4) is 0 Å². The second-order valence-electron chi connectivity index (χ2n) is 5.82. The van der Waals surface area contributed by atoms with Crippen molar-refractivity contribution in [1.82, 2.24) is 9.78 Å². The van der Waals surface area contributed by atoms with E-state index in [1.807, 2.05) is 46.4 Å². The highest BCUT2D eigenvalue weighted by atomic mass is 32.1. The van der Waals surface area contributed by atoms with Crippen LogP contribution in [0.25, 0.3) is 11.5 Å². The van der Waals surface area contributed by atoms with Crippen molar-refractivity contribution in [3.05, 3.63) is 57.6 Å². The van der Waals surface area contributed by atoms with E-state index in [0.717, 1.165) is 18.8 Å². The van der Waals surface area contributed by atoms with E-state index in [0.29, 0.717) is 16.8 Å². The molecule has 118 valence electrons. The predicted molar refractivity (Wildman–Crippen MR) is 92.9 cm³/mol. The van der Waals surface area contributed by atoms with Crippen molar-refractivity contribution in [2.24, 2.45) is 0 Å². The zero-order valence-corrected chi connectivity index (χ0v) is 14.3. The molecule has 0 radical (unpaired) electrons. The van der Waals surface area contributed by atoms with Crippen LogP contribution in [-0.4, -0.2) is 16.3 Å². The molecular weight excluding hydrogens is 326 g/mol. The van der Waals surface area contributed by atoms with Gasteiger partial charge in [0.25, 0.3) is 4.84 Å². The minimum Gasteiger partial charge on any atom is -0.409 e. The largest absolute Gasteiger partial charge is 0.409 e. The molecule has 1 aromatic carbocycles. The van der Waals surface area contributed by atoms with E-state index in [1.54, 1.807) is 0 Å². The van der Waals surface area contributed by atoms with E-state index in [4.69, 9.17) is 16.6 Å². The molecule has 3 heterocycles. The third-order valence-electron chi connectivity index (χ3n) is 4.35. The number of likely N-dealkylation sites (tertiary alicyclic amines) is 1. The van der Waals surface area contributed by atoms with Crippen LogP contribution in [0.4, 0.5) is 0 Å². The van der Waals surface area contributed by atoms with Gasteiger partial charge >= 0.3 is 0 Å². The Morgan fingerprint density at radius 1 is 1.26 bits per heavy atom. The van der Waals surface area contributed by atoms with Crippen LogP contribution in [0.5, 0.6) is 0 Å². The molecule has 1 saturated heterocycles. The minimum absolute atomic E-state index is 0.452. The molecule has 0 amide bonds. The number of benzene rings is 1. The summed E-state index contributed by atoms with van der Waals surface area (Å²) in [6, 6.07) is 14.8. The molecule has 0 aliphatic carbocycles. The minimum atomic E-state index is 0.452. The lowest BCUT2D eigenvalue weighted by molar-refractivity contribution is -0.941. The first-order valence-electron chi connectivity index (χ1n) is 7.82. The van der Waals surface area contributed by atoms with Crippen molar-refractivity contribution in [2.75, 3.05) is 6.54 Å². The van der Waals surface area contributed by atoms with Gasteiger partial charge in [0.2, 0.25) is 5.89 Å². The number of nitrogens with one attached hydrogen (secondary N) is 1. The Labute approximate surface area is 144 Å². The number of thiophene rings is 1. The van der Waals surface area contributed by atoms with Crippen LogP contribution in [0.2, 0.25) is 0 Å². The third kappa shape index (κ3) is 3.02. The Balaban J connectivity index is 1.57. The second kappa shape index (κ2) is 6.39. The van der Waals surface area contributed by atoms with Crippen LogP contribution in [-0.2, 0) is 6.67 Å². The molecule has 2 aromatic heterocycles. The zero-order valence-electron chi connectivity index (χ0n) is 12.6.